The van der Waals surface area contributed by atoms with E-state index in [9.17, 15) is 13.2 Å². The van der Waals surface area contributed by atoms with Crippen molar-refractivity contribution >= 4 is 21.6 Å². The Balaban J connectivity index is 2.61. The average molecular weight is 228 g/mol. The van der Waals surface area contributed by atoms with Gasteiger partial charge in [-0.25, -0.2) is 13.6 Å². The molecule has 0 radical (unpaired) electrons. The number of hydrogen-bond acceptors (Lipinski definition) is 4. The summed E-state index contributed by atoms with van der Waals surface area (Å²) in [6.45, 7) is -0.209. The molecule has 0 saturated carbocycles. The second-order valence-electron chi connectivity index (χ2n) is 3.01. The van der Waals surface area contributed by atoms with Gasteiger partial charge in [0.15, 0.2) is 12.4 Å². The van der Waals surface area contributed by atoms with Crippen molar-refractivity contribution in [2.75, 3.05) is 11.9 Å². The molecule has 1 aromatic rings. The molecule has 0 spiro atoms. The van der Waals surface area contributed by atoms with E-state index in [1.165, 1.54) is 12.1 Å². The van der Waals surface area contributed by atoms with E-state index in [4.69, 9.17) is 9.88 Å². The van der Waals surface area contributed by atoms with E-state index in [-0.39, 0.29) is 23.2 Å². The van der Waals surface area contributed by atoms with E-state index in [1.54, 1.807) is 6.07 Å². The molecule has 6 nitrogen and oxygen atoms in total. The van der Waals surface area contributed by atoms with Crippen molar-refractivity contribution in [3.05, 3.63) is 18.2 Å². The zero-order valence-electron chi connectivity index (χ0n) is 7.56. The lowest BCUT2D eigenvalue weighted by atomic mass is 10.2. The van der Waals surface area contributed by atoms with Crippen LogP contribution in [0.25, 0.3) is 0 Å². The van der Waals surface area contributed by atoms with Gasteiger partial charge in [0, 0.05) is 0 Å². The number of benzene rings is 1. The molecular weight excluding hydrogens is 220 g/mol. The average Bonchev–Trinajstić information content (AvgIpc) is 2.15. The van der Waals surface area contributed by atoms with Crippen molar-refractivity contribution in [2.45, 2.75) is 4.90 Å². The van der Waals surface area contributed by atoms with Crippen molar-refractivity contribution in [1.29, 1.82) is 0 Å². The summed E-state index contributed by atoms with van der Waals surface area (Å²) in [4.78, 5) is 10.8. The summed E-state index contributed by atoms with van der Waals surface area (Å²) in [5.41, 5.74) is 0.317. The summed E-state index contributed by atoms with van der Waals surface area (Å²) in [5, 5.41) is 7.48. The van der Waals surface area contributed by atoms with Crippen LogP contribution in [-0.2, 0) is 14.8 Å². The number of nitrogens with two attached hydrogens (primary N) is 1. The van der Waals surface area contributed by atoms with Gasteiger partial charge in [0.05, 0.1) is 5.69 Å². The zero-order chi connectivity index (χ0) is 11.1. The molecule has 0 unspecified atom stereocenters. The fourth-order valence-electron chi connectivity index (χ4n) is 1.31. The maximum atomic E-state index is 11.2. The maximum absolute atomic E-state index is 11.2. The minimum atomic E-state index is -3.84. The Bertz CT molecular complexity index is 523. The summed E-state index contributed by atoms with van der Waals surface area (Å²) in [5.74, 6) is -0.228. The van der Waals surface area contributed by atoms with Crippen molar-refractivity contribution in [2.24, 2.45) is 5.14 Å². The lowest BCUT2D eigenvalue weighted by Gasteiger charge is -2.19. The third kappa shape index (κ3) is 1.79. The quantitative estimate of drug-likeness (QED) is 0.687. The van der Waals surface area contributed by atoms with Gasteiger partial charge in [-0.15, -0.1) is 0 Å². The van der Waals surface area contributed by atoms with Gasteiger partial charge in [0.1, 0.15) is 4.90 Å². The smallest absolute Gasteiger partial charge is 0.262 e. The number of carbonyl (C=O) groups excluding carboxylic acids is 1. The fourth-order valence-corrected chi connectivity index (χ4v) is 2.01. The second kappa shape index (κ2) is 3.21. The Morgan fingerprint density at radius 2 is 2.13 bits per heavy atom. The van der Waals surface area contributed by atoms with E-state index in [0.29, 0.717) is 5.69 Å². The van der Waals surface area contributed by atoms with Gasteiger partial charge in [-0.2, -0.15) is 0 Å². The molecule has 1 amide bonds. The number of amides is 1. The molecule has 0 bridgehead atoms. The molecular formula is C8H8N2O4S. The molecule has 1 aliphatic heterocycles. The molecule has 15 heavy (non-hydrogen) atoms. The molecule has 1 aliphatic rings. The highest BCUT2D eigenvalue weighted by atomic mass is 32.2. The number of sulfonamides is 1. The third-order valence-electron chi connectivity index (χ3n) is 1.91. The first-order chi connectivity index (χ1) is 6.98. The van der Waals surface area contributed by atoms with Crippen LogP contribution in [-0.4, -0.2) is 20.9 Å². The van der Waals surface area contributed by atoms with Crippen LogP contribution in [0.15, 0.2) is 23.1 Å². The first-order valence-electron chi connectivity index (χ1n) is 4.07. The van der Waals surface area contributed by atoms with Crippen molar-refractivity contribution in [1.82, 2.24) is 0 Å². The Labute approximate surface area is 86.1 Å². The molecule has 1 heterocycles. The highest BCUT2D eigenvalue weighted by molar-refractivity contribution is 7.89. The molecule has 2 rings (SSSR count). The molecule has 0 aromatic heterocycles. The normalized spacial score (nSPS) is 15.1. The maximum Gasteiger partial charge on any atom is 0.262 e. The van der Waals surface area contributed by atoms with E-state index in [0.717, 1.165) is 0 Å². The van der Waals surface area contributed by atoms with E-state index >= 15 is 0 Å². The predicted molar refractivity (Wildman–Crippen MR) is 51.9 cm³/mol. The van der Waals surface area contributed by atoms with Crippen LogP contribution in [0.5, 0.6) is 5.75 Å². The number of carbonyl (C=O) groups is 1. The number of primary sulfonamides is 1. The topological polar surface area (TPSA) is 98.5 Å². The molecule has 0 aliphatic carbocycles. The molecule has 7 heteroatoms. The molecule has 0 fully saturated rings. The van der Waals surface area contributed by atoms with E-state index in [2.05, 4.69) is 5.32 Å². The summed E-state index contributed by atoms with van der Waals surface area (Å²) in [6, 6.07) is 4.35. The number of ether oxygens (including phenoxy) is 1. The molecule has 0 atom stereocenters. The van der Waals surface area contributed by atoms with Crippen LogP contribution in [0.1, 0.15) is 0 Å². The largest absolute Gasteiger partial charge is 0.480 e. The Hall–Kier alpha value is -1.60. The summed E-state index contributed by atoms with van der Waals surface area (Å²) in [6.07, 6.45) is 0. The summed E-state index contributed by atoms with van der Waals surface area (Å²) < 4.78 is 27.4. The second-order valence-corrected chi connectivity index (χ2v) is 4.54. The number of rotatable bonds is 1. The van der Waals surface area contributed by atoms with Crippen LogP contribution in [0, 0.1) is 0 Å². The van der Waals surface area contributed by atoms with Crippen LogP contribution in [0.2, 0.25) is 0 Å². The number of anilines is 1. The van der Waals surface area contributed by atoms with Crippen LogP contribution < -0.4 is 15.2 Å². The van der Waals surface area contributed by atoms with Crippen molar-refractivity contribution < 1.29 is 17.9 Å². The zero-order valence-corrected chi connectivity index (χ0v) is 8.37. The van der Waals surface area contributed by atoms with Gasteiger partial charge in [0.25, 0.3) is 5.91 Å². The highest BCUT2D eigenvalue weighted by Crippen LogP contribution is 2.33. The number of hydrogen-bond donors (Lipinski definition) is 2. The Kier molecular flexibility index (Phi) is 2.13. The van der Waals surface area contributed by atoms with E-state index in [1.807, 2.05) is 0 Å². The van der Waals surface area contributed by atoms with Gasteiger partial charge >= 0.3 is 0 Å². The van der Waals surface area contributed by atoms with Crippen LogP contribution >= 0.6 is 0 Å². The van der Waals surface area contributed by atoms with Crippen LogP contribution in [0.4, 0.5) is 5.69 Å². The number of fused-ring (bicyclic) bond motifs is 1. The molecule has 80 valence electrons. The first-order valence-corrected chi connectivity index (χ1v) is 5.61. The predicted octanol–water partition coefficient (Wildman–Crippen LogP) is -0.335. The minimum absolute atomic E-state index is 0.0969. The van der Waals surface area contributed by atoms with Crippen LogP contribution in [0.3, 0.4) is 0 Å². The van der Waals surface area contributed by atoms with Gasteiger partial charge < -0.3 is 10.1 Å². The minimum Gasteiger partial charge on any atom is -0.480 e. The molecule has 1 aromatic carbocycles. The lowest BCUT2D eigenvalue weighted by molar-refractivity contribution is -0.118. The van der Waals surface area contributed by atoms with E-state index < -0.39 is 10.0 Å². The van der Waals surface area contributed by atoms with Gasteiger partial charge in [0.2, 0.25) is 10.0 Å². The monoisotopic (exact) mass is 228 g/mol. The standard InChI is InChI=1S/C8H8N2O4S/c9-15(12,13)6-3-1-2-5-8(6)14-4-7(11)10-5/h1-3H,4H2,(H,10,11)(H2,9,12,13). The van der Waals surface area contributed by atoms with Gasteiger partial charge in [-0.3, -0.25) is 4.79 Å². The summed E-state index contributed by atoms with van der Waals surface area (Å²) >= 11 is 0. The van der Waals surface area contributed by atoms with Gasteiger partial charge in [-0.05, 0) is 12.1 Å². The Morgan fingerprint density at radius 3 is 2.80 bits per heavy atom. The first kappa shape index (κ1) is 9.94. The Morgan fingerprint density at radius 1 is 1.40 bits per heavy atom. The lowest BCUT2D eigenvalue weighted by Crippen LogP contribution is -2.27. The molecule has 0 saturated heterocycles. The van der Waals surface area contributed by atoms with Crippen molar-refractivity contribution in [3.8, 4) is 5.75 Å². The number of para-hydroxylation sites is 1. The summed E-state index contributed by atoms with van der Waals surface area (Å²) in [7, 11) is -3.84. The molecule has 3 N–H and O–H groups in total. The highest BCUT2D eigenvalue weighted by Gasteiger charge is 2.23. The number of nitrogens with one attached hydrogen (secondary N) is 1. The third-order valence-corrected chi connectivity index (χ3v) is 2.84. The SMILES string of the molecule is NS(=O)(=O)c1cccc2c1OCC(=O)N2. The fraction of sp³-hybridized carbons (Fsp3) is 0.125. The van der Waals surface area contributed by atoms with Crippen molar-refractivity contribution in [3.63, 3.8) is 0 Å². The van der Waals surface area contributed by atoms with Gasteiger partial charge in [-0.1, -0.05) is 6.07 Å².